The highest BCUT2D eigenvalue weighted by Crippen LogP contribution is 2.37. The summed E-state index contributed by atoms with van der Waals surface area (Å²) in [5, 5.41) is 10.8. The third-order valence-corrected chi connectivity index (χ3v) is 7.57. The van der Waals surface area contributed by atoms with Gasteiger partial charge in [0.05, 0.1) is 28.4 Å². The number of halogens is 2. The lowest BCUT2D eigenvalue weighted by molar-refractivity contribution is -0.126. The van der Waals surface area contributed by atoms with Gasteiger partial charge in [0.15, 0.2) is 9.84 Å². The molecule has 2 aromatic carbocycles. The zero-order chi connectivity index (χ0) is 26.4. The van der Waals surface area contributed by atoms with E-state index in [1.807, 2.05) is 20.8 Å². The minimum Gasteiger partial charge on any atom is -0.420 e. The van der Waals surface area contributed by atoms with E-state index in [-0.39, 0.29) is 34.5 Å². The lowest BCUT2D eigenvalue weighted by Gasteiger charge is -2.26. The molecule has 0 spiro atoms. The van der Waals surface area contributed by atoms with Crippen molar-refractivity contribution in [3.05, 3.63) is 58.7 Å². The minimum absolute atomic E-state index is 0.0588. The van der Waals surface area contributed by atoms with Gasteiger partial charge in [-0.15, -0.1) is 10.2 Å². The fourth-order valence-corrected chi connectivity index (χ4v) is 5.52. The number of rotatable bonds is 4. The van der Waals surface area contributed by atoms with E-state index in [0.717, 1.165) is 6.07 Å². The molecule has 1 N–H and O–H groups in total. The molecule has 9 nitrogen and oxygen atoms in total. The third kappa shape index (κ3) is 5.12. The van der Waals surface area contributed by atoms with Crippen LogP contribution in [0.2, 0.25) is 5.02 Å². The largest absolute Gasteiger partial charge is 0.420 e. The molecule has 2 amide bonds. The lowest BCUT2D eigenvalue weighted by Crippen LogP contribution is -2.49. The van der Waals surface area contributed by atoms with Gasteiger partial charge in [0.2, 0.25) is 11.8 Å². The van der Waals surface area contributed by atoms with Crippen molar-refractivity contribution in [3.63, 3.8) is 0 Å². The SMILES string of the molecule is CC(=O)N[C@H]1CS(=O)(=O)c2cc(F)c(-c3nnc(C(C)(C)C)o3)cc2N(Cc2ccc(Cl)cc2)C1=O. The van der Waals surface area contributed by atoms with E-state index in [1.165, 1.54) is 17.9 Å². The Balaban J connectivity index is 1.91. The molecular formula is C24H24ClFN4O5S. The number of sulfone groups is 1. The van der Waals surface area contributed by atoms with Gasteiger partial charge >= 0.3 is 0 Å². The summed E-state index contributed by atoms with van der Waals surface area (Å²) in [7, 11) is -4.18. The number of hydrogen-bond acceptors (Lipinski definition) is 7. The van der Waals surface area contributed by atoms with Crippen LogP contribution in [0.3, 0.4) is 0 Å². The van der Waals surface area contributed by atoms with Crippen LogP contribution >= 0.6 is 11.6 Å². The Morgan fingerprint density at radius 2 is 1.89 bits per heavy atom. The first kappa shape index (κ1) is 25.8. The molecule has 0 saturated carbocycles. The van der Waals surface area contributed by atoms with Crippen LogP contribution in [0.5, 0.6) is 0 Å². The number of benzene rings is 2. The topological polar surface area (TPSA) is 122 Å². The fourth-order valence-electron chi connectivity index (χ4n) is 3.77. The number of carbonyl (C=O) groups is 2. The predicted molar refractivity (Wildman–Crippen MR) is 131 cm³/mol. The Morgan fingerprint density at radius 3 is 2.47 bits per heavy atom. The summed E-state index contributed by atoms with van der Waals surface area (Å²) in [5.41, 5.74) is -0.0781. The molecule has 0 saturated heterocycles. The van der Waals surface area contributed by atoms with Gasteiger partial charge < -0.3 is 14.6 Å². The number of aromatic nitrogens is 2. The van der Waals surface area contributed by atoms with E-state index in [4.69, 9.17) is 16.0 Å². The molecule has 2 heterocycles. The van der Waals surface area contributed by atoms with Gasteiger partial charge in [-0.3, -0.25) is 9.59 Å². The highest BCUT2D eigenvalue weighted by Gasteiger charge is 2.39. The number of nitrogens with one attached hydrogen (secondary N) is 1. The zero-order valence-electron chi connectivity index (χ0n) is 20.0. The van der Waals surface area contributed by atoms with E-state index in [1.54, 1.807) is 24.3 Å². The first-order valence-corrected chi connectivity index (χ1v) is 13.0. The van der Waals surface area contributed by atoms with Crippen molar-refractivity contribution in [1.29, 1.82) is 0 Å². The number of anilines is 1. The van der Waals surface area contributed by atoms with Gasteiger partial charge in [-0.1, -0.05) is 44.5 Å². The average Bonchev–Trinajstić information content (AvgIpc) is 3.26. The molecule has 1 atom stereocenters. The zero-order valence-corrected chi connectivity index (χ0v) is 21.6. The van der Waals surface area contributed by atoms with Gasteiger partial charge in [0.25, 0.3) is 11.8 Å². The van der Waals surface area contributed by atoms with Crippen LogP contribution in [0.25, 0.3) is 11.5 Å². The summed E-state index contributed by atoms with van der Waals surface area (Å²) in [6.07, 6.45) is 0. The number of amides is 2. The van der Waals surface area contributed by atoms with E-state index in [0.29, 0.717) is 10.6 Å². The van der Waals surface area contributed by atoms with Crippen molar-refractivity contribution in [2.24, 2.45) is 0 Å². The first-order chi connectivity index (χ1) is 16.8. The summed E-state index contributed by atoms with van der Waals surface area (Å²) in [6.45, 7) is 6.66. The number of fused-ring (bicyclic) bond motifs is 1. The molecule has 0 fully saturated rings. The van der Waals surface area contributed by atoms with E-state index in [9.17, 15) is 18.0 Å². The molecule has 4 rings (SSSR count). The summed E-state index contributed by atoms with van der Waals surface area (Å²) in [4.78, 5) is 26.1. The molecule has 1 aliphatic rings. The van der Waals surface area contributed by atoms with Crippen molar-refractivity contribution < 1.29 is 26.8 Å². The number of hydrogen-bond donors (Lipinski definition) is 1. The predicted octanol–water partition coefficient (Wildman–Crippen LogP) is 3.65. The van der Waals surface area contributed by atoms with Crippen molar-refractivity contribution >= 4 is 38.9 Å². The second-order valence-electron chi connectivity index (χ2n) is 9.55. The Labute approximate surface area is 212 Å². The van der Waals surface area contributed by atoms with Gasteiger partial charge in [0.1, 0.15) is 11.9 Å². The van der Waals surface area contributed by atoms with E-state index in [2.05, 4.69) is 15.5 Å². The quantitative estimate of drug-likeness (QED) is 0.542. The van der Waals surface area contributed by atoms with Crippen LogP contribution in [-0.2, 0) is 31.4 Å². The second kappa shape index (κ2) is 9.29. The van der Waals surface area contributed by atoms with Crippen molar-refractivity contribution in [2.45, 2.75) is 50.6 Å². The Kier molecular flexibility index (Phi) is 6.65. The minimum atomic E-state index is -4.18. The summed E-state index contributed by atoms with van der Waals surface area (Å²) in [5.74, 6) is -2.76. The maximum Gasteiger partial charge on any atom is 0.250 e. The van der Waals surface area contributed by atoms with Gasteiger partial charge in [0, 0.05) is 17.4 Å². The molecule has 12 heteroatoms. The second-order valence-corrected chi connectivity index (χ2v) is 12.0. The Morgan fingerprint density at radius 1 is 1.22 bits per heavy atom. The average molecular weight is 535 g/mol. The highest BCUT2D eigenvalue weighted by atomic mass is 35.5. The smallest absolute Gasteiger partial charge is 0.250 e. The number of carbonyl (C=O) groups excluding carboxylic acids is 2. The highest BCUT2D eigenvalue weighted by molar-refractivity contribution is 7.91. The normalized spacial score (nSPS) is 17.4. The van der Waals surface area contributed by atoms with Gasteiger partial charge in [-0.25, -0.2) is 12.8 Å². The lowest BCUT2D eigenvalue weighted by atomic mass is 9.97. The van der Waals surface area contributed by atoms with Crippen molar-refractivity contribution in [2.75, 3.05) is 10.7 Å². The molecule has 1 aromatic heterocycles. The third-order valence-electron chi connectivity index (χ3n) is 5.55. The van der Waals surface area contributed by atoms with Crippen LogP contribution in [-0.4, -0.2) is 42.2 Å². The fraction of sp³-hybridized carbons (Fsp3) is 0.333. The molecule has 3 aromatic rings. The van der Waals surface area contributed by atoms with Crippen LogP contribution in [0.1, 0.15) is 39.1 Å². The number of nitrogens with zero attached hydrogens (tertiary/aromatic N) is 3. The molecular weight excluding hydrogens is 511 g/mol. The monoisotopic (exact) mass is 534 g/mol. The Hall–Kier alpha value is -3.31. The molecule has 0 aliphatic carbocycles. The van der Waals surface area contributed by atoms with E-state index >= 15 is 4.39 Å². The molecule has 36 heavy (non-hydrogen) atoms. The Bertz CT molecular complexity index is 1450. The van der Waals surface area contributed by atoms with Crippen molar-refractivity contribution in [3.8, 4) is 11.5 Å². The van der Waals surface area contributed by atoms with Gasteiger partial charge in [-0.2, -0.15) is 0 Å². The van der Waals surface area contributed by atoms with Crippen LogP contribution in [0.4, 0.5) is 10.1 Å². The summed E-state index contributed by atoms with van der Waals surface area (Å²) >= 11 is 5.98. The molecule has 190 valence electrons. The van der Waals surface area contributed by atoms with E-state index < -0.39 is 44.7 Å². The molecule has 1 aliphatic heterocycles. The van der Waals surface area contributed by atoms with Crippen LogP contribution < -0.4 is 10.2 Å². The standard InChI is InChI=1S/C24H24ClFN4O5S/c1-13(31)27-18-12-36(33,34)20-10-17(26)16(21-28-29-23(35-21)24(2,3)4)9-19(20)30(22(18)32)11-14-5-7-15(25)8-6-14/h5-10,18H,11-12H2,1-4H3,(H,27,31)/t18-/m0/s1. The maximum absolute atomic E-state index is 15.3. The molecule has 0 bridgehead atoms. The van der Waals surface area contributed by atoms with Crippen LogP contribution in [0, 0.1) is 5.82 Å². The molecule has 0 unspecified atom stereocenters. The maximum atomic E-state index is 15.3. The molecule has 0 radical (unpaired) electrons. The first-order valence-electron chi connectivity index (χ1n) is 11.0. The van der Waals surface area contributed by atoms with Crippen LogP contribution in [0.15, 0.2) is 45.7 Å². The van der Waals surface area contributed by atoms with Gasteiger partial charge in [-0.05, 0) is 29.8 Å². The van der Waals surface area contributed by atoms with Crippen molar-refractivity contribution in [1.82, 2.24) is 15.5 Å². The summed E-state index contributed by atoms with van der Waals surface area (Å²) < 4.78 is 47.4. The summed E-state index contributed by atoms with van der Waals surface area (Å²) in [6, 6.07) is 7.32.